The Morgan fingerprint density at radius 2 is 1.89 bits per heavy atom. The van der Waals surface area contributed by atoms with Crippen LogP contribution in [0.25, 0.3) is 0 Å². The van der Waals surface area contributed by atoms with Crippen molar-refractivity contribution < 1.29 is 0 Å². The highest BCUT2D eigenvalue weighted by Crippen LogP contribution is 2.39. The van der Waals surface area contributed by atoms with Gasteiger partial charge in [-0.2, -0.15) is 0 Å². The fraction of sp³-hybridized carbons (Fsp3) is 0.733. The smallest absolute Gasteiger partial charge is 0.148 e. The first-order valence-electron chi connectivity index (χ1n) is 7.30. The number of nitrogens with zero attached hydrogens (tertiary/aromatic N) is 2. The first kappa shape index (κ1) is 13.5. The quantitative estimate of drug-likeness (QED) is 0.839. The van der Waals surface area contributed by atoms with E-state index in [-0.39, 0.29) is 5.54 Å². The van der Waals surface area contributed by atoms with Gasteiger partial charge < -0.3 is 5.73 Å². The van der Waals surface area contributed by atoms with Crippen LogP contribution in [-0.4, -0.2) is 9.97 Å². The lowest BCUT2D eigenvalue weighted by Gasteiger charge is -2.25. The number of rotatable bonds is 6. The summed E-state index contributed by atoms with van der Waals surface area (Å²) in [5.74, 6) is 1.53. The van der Waals surface area contributed by atoms with E-state index in [1.165, 1.54) is 24.2 Å². The summed E-state index contributed by atoms with van der Waals surface area (Å²) in [4.78, 5) is 9.47. The molecular weight excluding hydrogens is 222 g/mol. The van der Waals surface area contributed by atoms with Crippen LogP contribution < -0.4 is 5.73 Å². The summed E-state index contributed by atoms with van der Waals surface area (Å²) in [7, 11) is 0. The summed E-state index contributed by atoms with van der Waals surface area (Å²) in [6.07, 6.45) is 6.48. The van der Waals surface area contributed by atoms with Gasteiger partial charge in [-0.25, -0.2) is 9.97 Å². The van der Waals surface area contributed by atoms with Gasteiger partial charge >= 0.3 is 0 Å². The second-order valence-electron chi connectivity index (χ2n) is 5.50. The predicted octanol–water partition coefficient (Wildman–Crippen LogP) is 3.28. The summed E-state index contributed by atoms with van der Waals surface area (Å²) < 4.78 is 0. The van der Waals surface area contributed by atoms with Gasteiger partial charge in [-0.3, -0.25) is 0 Å². The molecule has 3 nitrogen and oxygen atoms in total. The third-order valence-electron chi connectivity index (χ3n) is 4.01. The second-order valence-corrected chi connectivity index (χ2v) is 5.50. The summed E-state index contributed by atoms with van der Waals surface area (Å²) in [5, 5.41) is 0. The number of hydrogen-bond acceptors (Lipinski definition) is 3. The van der Waals surface area contributed by atoms with Crippen molar-refractivity contribution in [3.05, 3.63) is 23.3 Å². The monoisotopic (exact) mass is 247 g/mol. The van der Waals surface area contributed by atoms with Crippen LogP contribution in [0.3, 0.4) is 0 Å². The molecule has 0 radical (unpaired) electrons. The average molecular weight is 247 g/mol. The Balaban J connectivity index is 2.38. The largest absolute Gasteiger partial charge is 0.319 e. The van der Waals surface area contributed by atoms with Crippen LogP contribution in [0.1, 0.15) is 76.0 Å². The number of hydrogen-bond donors (Lipinski definition) is 1. The van der Waals surface area contributed by atoms with E-state index in [0.717, 1.165) is 31.5 Å². The summed E-state index contributed by atoms with van der Waals surface area (Å²) in [5.41, 5.74) is 8.48. The Bertz CT molecular complexity index is 406. The van der Waals surface area contributed by atoms with Crippen molar-refractivity contribution in [3.63, 3.8) is 0 Å². The molecule has 3 heteroatoms. The lowest BCUT2D eigenvalue weighted by Crippen LogP contribution is -2.37. The molecule has 2 rings (SSSR count). The molecule has 1 aromatic rings. The minimum Gasteiger partial charge on any atom is -0.319 e. The molecule has 100 valence electrons. The number of nitrogens with two attached hydrogens (primary N) is 1. The van der Waals surface area contributed by atoms with Crippen molar-refractivity contribution in [1.29, 1.82) is 0 Å². The van der Waals surface area contributed by atoms with Crippen molar-refractivity contribution >= 4 is 0 Å². The first-order chi connectivity index (χ1) is 8.62. The Kier molecular flexibility index (Phi) is 4.00. The van der Waals surface area contributed by atoms with E-state index in [9.17, 15) is 0 Å². The van der Waals surface area contributed by atoms with Crippen LogP contribution in [-0.2, 0) is 12.0 Å². The Labute approximate surface area is 110 Å². The van der Waals surface area contributed by atoms with Crippen LogP contribution in [0.15, 0.2) is 6.07 Å². The maximum atomic E-state index is 6.45. The highest BCUT2D eigenvalue weighted by Gasteiger charge is 2.31. The van der Waals surface area contributed by atoms with E-state index in [1.807, 2.05) is 0 Å². The van der Waals surface area contributed by atoms with Gasteiger partial charge in [0.25, 0.3) is 0 Å². The highest BCUT2D eigenvalue weighted by molar-refractivity contribution is 5.22. The molecule has 0 spiro atoms. The molecule has 0 aromatic carbocycles. The molecule has 1 aliphatic carbocycles. The van der Waals surface area contributed by atoms with Crippen LogP contribution >= 0.6 is 0 Å². The van der Waals surface area contributed by atoms with Gasteiger partial charge in [-0.05, 0) is 38.2 Å². The lowest BCUT2D eigenvalue weighted by atomic mass is 9.93. The fourth-order valence-corrected chi connectivity index (χ4v) is 2.28. The highest BCUT2D eigenvalue weighted by atomic mass is 15.0. The maximum Gasteiger partial charge on any atom is 0.148 e. The van der Waals surface area contributed by atoms with Crippen LogP contribution in [0.2, 0.25) is 0 Å². The van der Waals surface area contributed by atoms with E-state index >= 15 is 0 Å². The molecule has 1 heterocycles. The molecule has 0 aliphatic heterocycles. The van der Waals surface area contributed by atoms with Gasteiger partial charge in [-0.15, -0.1) is 0 Å². The lowest BCUT2D eigenvalue weighted by molar-refractivity contribution is 0.384. The number of aromatic nitrogens is 2. The molecule has 1 saturated carbocycles. The fourth-order valence-electron chi connectivity index (χ4n) is 2.28. The molecule has 0 atom stereocenters. The molecule has 2 N–H and O–H groups in total. The van der Waals surface area contributed by atoms with Gasteiger partial charge in [0.05, 0.1) is 5.54 Å². The van der Waals surface area contributed by atoms with Crippen molar-refractivity contribution in [2.24, 2.45) is 5.73 Å². The Hall–Kier alpha value is -0.960. The molecule has 1 fully saturated rings. The molecule has 0 amide bonds. The van der Waals surface area contributed by atoms with E-state index in [1.54, 1.807) is 0 Å². The maximum absolute atomic E-state index is 6.45. The van der Waals surface area contributed by atoms with Gasteiger partial charge in [0.2, 0.25) is 0 Å². The Morgan fingerprint density at radius 3 is 2.39 bits per heavy atom. The molecule has 1 aliphatic rings. The average Bonchev–Trinajstić information content (AvgIpc) is 3.22. The number of aryl methyl sites for hydroxylation is 1. The van der Waals surface area contributed by atoms with Crippen molar-refractivity contribution in [2.45, 2.75) is 70.8 Å². The molecular formula is C15H25N3. The van der Waals surface area contributed by atoms with Crippen LogP contribution in [0, 0.1) is 0 Å². The van der Waals surface area contributed by atoms with Gasteiger partial charge in [0.15, 0.2) is 0 Å². The van der Waals surface area contributed by atoms with Crippen LogP contribution in [0.5, 0.6) is 0 Å². The van der Waals surface area contributed by atoms with Gasteiger partial charge in [-0.1, -0.05) is 27.2 Å². The SMILES string of the molecule is CCCc1cc(C2CC2)nc(C(N)(CC)CC)n1. The minimum atomic E-state index is -0.354. The molecule has 0 bridgehead atoms. The topological polar surface area (TPSA) is 51.8 Å². The van der Waals surface area contributed by atoms with E-state index in [0.29, 0.717) is 5.92 Å². The zero-order valence-electron chi connectivity index (χ0n) is 11.9. The minimum absolute atomic E-state index is 0.354. The molecule has 0 saturated heterocycles. The zero-order chi connectivity index (χ0) is 13.2. The third kappa shape index (κ3) is 2.72. The second kappa shape index (κ2) is 5.35. The van der Waals surface area contributed by atoms with Crippen molar-refractivity contribution in [2.75, 3.05) is 0 Å². The van der Waals surface area contributed by atoms with E-state index < -0.39 is 0 Å². The third-order valence-corrected chi connectivity index (χ3v) is 4.01. The summed E-state index contributed by atoms with van der Waals surface area (Å²) >= 11 is 0. The van der Waals surface area contributed by atoms with Crippen LogP contribution in [0.4, 0.5) is 0 Å². The molecule has 1 aromatic heterocycles. The summed E-state index contributed by atoms with van der Waals surface area (Å²) in [6, 6.07) is 2.19. The van der Waals surface area contributed by atoms with Gasteiger partial charge in [0, 0.05) is 17.3 Å². The summed E-state index contributed by atoms with van der Waals surface area (Å²) in [6.45, 7) is 6.43. The predicted molar refractivity (Wildman–Crippen MR) is 74.4 cm³/mol. The normalized spacial score (nSPS) is 16.0. The standard InChI is InChI=1S/C15H25N3/c1-4-7-12-10-13(11-8-9-11)18-14(17-12)15(16,5-2)6-3/h10-11H,4-9,16H2,1-3H3. The van der Waals surface area contributed by atoms with Crippen molar-refractivity contribution in [1.82, 2.24) is 9.97 Å². The van der Waals surface area contributed by atoms with Crippen molar-refractivity contribution in [3.8, 4) is 0 Å². The van der Waals surface area contributed by atoms with Gasteiger partial charge in [0.1, 0.15) is 5.82 Å². The van der Waals surface area contributed by atoms with E-state index in [4.69, 9.17) is 15.7 Å². The zero-order valence-corrected chi connectivity index (χ0v) is 11.9. The first-order valence-corrected chi connectivity index (χ1v) is 7.30. The molecule has 18 heavy (non-hydrogen) atoms. The molecule has 0 unspecified atom stereocenters. The Morgan fingerprint density at radius 1 is 1.22 bits per heavy atom. The van der Waals surface area contributed by atoms with E-state index in [2.05, 4.69) is 26.8 Å².